The highest BCUT2D eigenvalue weighted by Crippen LogP contribution is 2.20. The minimum absolute atomic E-state index is 0.0425. The molecule has 0 aliphatic carbocycles. The van der Waals surface area contributed by atoms with Crippen LogP contribution in [0.3, 0.4) is 0 Å². The molecule has 0 radical (unpaired) electrons. The fourth-order valence-electron chi connectivity index (χ4n) is 3.85. The number of hydrogen-bond acceptors (Lipinski definition) is 3. The van der Waals surface area contributed by atoms with Crippen LogP contribution in [0.5, 0.6) is 0 Å². The fourth-order valence-corrected chi connectivity index (χ4v) is 4.76. The first-order valence-corrected chi connectivity index (χ1v) is 13.2. The smallest absolute Gasteiger partial charge is 0.322 e. The molecule has 1 atom stereocenters. The Hall–Kier alpha value is -3.12. The van der Waals surface area contributed by atoms with E-state index >= 15 is 0 Å². The van der Waals surface area contributed by atoms with E-state index in [0.29, 0.717) is 19.6 Å². The van der Waals surface area contributed by atoms with Crippen molar-refractivity contribution in [2.45, 2.75) is 53.6 Å². The van der Waals surface area contributed by atoms with Gasteiger partial charge in [-0.15, -0.1) is 11.3 Å². The summed E-state index contributed by atoms with van der Waals surface area (Å²) in [5, 5.41) is 3.01. The Labute approximate surface area is 213 Å². The van der Waals surface area contributed by atoms with Crippen LogP contribution in [0.1, 0.15) is 48.1 Å². The number of carbonyl (C=O) groups is 2. The fraction of sp³-hybridized carbons (Fsp3) is 0.379. The summed E-state index contributed by atoms with van der Waals surface area (Å²) >= 11 is 1.70. The predicted octanol–water partition coefficient (Wildman–Crippen LogP) is 6.73. The lowest BCUT2D eigenvalue weighted by atomic mass is 10.1. The minimum atomic E-state index is -0.237. The molecule has 1 aromatic heterocycles. The van der Waals surface area contributed by atoms with Crippen LogP contribution < -0.4 is 5.32 Å². The molecule has 0 saturated carbocycles. The van der Waals surface area contributed by atoms with E-state index in [2.05, 4.69) is 45.1 Å². The molecular weight excluding hydrogens is 454 g/mol. The molecule has 35 heavy (non-hydrogen) atoms. The topological polar surface area (TPSA) is 52.7 Å². The molecule has 0 aliphatic rings. The molecule has 3 amide bonds. The Kier molecular flexibility index (Phi) is 9.91. The molecular formula is C29H37N3O2S. The molecule has 0 spiro atoms. The van der Waals surface area contributed by atoms with Gasteiger partial charge >= 0.3 is 6.03 Å². The van der Waals surface area contributed by atoms with Gasteiger partial charge in [-0.1, -0.05) is 69.7 Å². The number of benzene rings is 2. The number of urea groups is 1. The van der Waals surface area contributed by atoms with Crippen molar-refractivity contribution in [3.05, 3.63) is 87.6 Å². The Bertz CT molecular complexity index is 1100. The normalized spacial score (nSPS) is 11.7. The van der Waals surface area contributed by atoms with Gasteiger partial charge in [-0.3, -0.25) is 4.79 Å². The van der Waals surface area contributed by atoms with Gasteiger partial charge in [-0.2, -0.15) is 0 Å². The molecule has 0 bridgehead atoms. The van der Waals surface area contributed by atoms with Crippen LogP contribution in [0, 0.1) is 12.8 Å². The van der Waals surface area contributed by atoms with Gasteiger partial charge in [0.15, 0.2) is 0 Å². The lowest BCUT2D eigenvalue weighted by molar-refractivity contribution is -0.133. The van der Waals surface area contributed by atoms with E-state index in [0.717, 1.165) is 34.5 Å². The lowest BCUT2D eigenvalue weighted by Gasteiger charge is -2.29. The van der Waals surface area contributed by atoms with Crippen molar-refractivity contribution in [2.75, 3.05) is 18.4 Å². The second-order valence-electron chi connectivity index (χ2n) is 9.13. The summed E-state index contributed by atoms with van der Waals surface area (Å²) in [5.41, 5.74) is 2.99. The minimum Gasteiger partial charge on any atom is -0.332 e. The zero-order chi connectivity index (χ0) is 25.2. The van der Waals surface area contributed by atoms with Crippen LogP contribution in [-0.2, 0) is 24.3 Å². The number of anilines is 1. The Morgan fingerprint density at radius 3 is 2.31 bits per heavy atom. The lowest BCUT2D eigenvalue weighted by Crippen LogP contribution is -2.45. The average molecular weight is 492 g/mol. The van der Waals surface area contributed by atoms with Crippen molar-refractivity contribution in [3.8, 4) is 0 Å². The van der Waals surface area contributed by atoms with Gasteiger partial charge < -0.3 is 15.1 Å². The van der Waals surface area contributed by atoms with E-state index in [1.807, 2.05) is 59.5 Å². The number of aryl methyl sites for hydroxylation is 2. The Balaban J connectivity index is 1.78. The SMILES string of the molecule is CCc1cccc(NC(=O)N(CC(=O)N(Cc2ccccc2)Cc2ccc(C)s2)CC(C)CC)c1. The van der Waals surface area contributed by atoms with E-state index in [1.165, 1.54) is 4.88 Å². The molecule has 186 valence electrons. The highest BCUT2D eigenvalue weighted by molar-refractivity contribution is 7.11. The maximum atomic E-state index is 13.6. The standard InChI is InChI=1S/C29H37N3O2S/c1-5-22(3)18-32(29(34)30-26-14-10-13-24(6-2)17-26)21-28(33)31(19-25-11-8-7-9-12-25)20-27-16-15-23(4)35-27/h7-17,22H,5-6,18-21H2,1-4H3,(H,30,34). The number of amides is 3. The summed E-state index contributed by atoms with van der Waals surface area (Å²) in [7, 11) is 0. The molecule has 3 aromatic rings. The summed E-state index contributed by atoms with van der Waals surface area (Å²) in [6, 6.07) is 21.8. The molecule has 0 fully saturated rings. The molecule has 0 saturated heterocycles. The van der Waals surface area contributed by atoms with Gasteiger partial charge in [0, 0.05) is 28.5 Å². The molecule has 2 aromatic carbocycles. The largest absolute Gasteiger partial charge is 0.332 e. The third kappa shape index (κ3) is 8.25. The number of rotatable bonds is 11. The third-order valence-electron chi connectivity index (χ3n) is 6.14. The summed E-state index contributed by atoms with van der Waals surface area (Å²) in [6.45, 7) is 9.98. The van der Waals surface area contributed by atoms with Gasteiger partial charge in [0.1, 0.15) is 6.54 Å². The van der Waals surface area contributed by atoms with Crippen LogP contribution in [0.4, 0.5) is 10.5 Å². The second kappa shape index (κ2) is 13.1. The molecule has 1 unspecified atom stereocenters. The Morgan fingerprint density at radius 1 is 0.914 bits per heavy atom. The monoisotopic (exact) mass is 491 g/mol. The first-order valence-electron chi connectivity index (χ1n) is 12.4. The van der Waals surface area contributed by atoms with Crippen molar-refractivity contribution in [1.82, 2.24) is 9.80 Å². The number of hydrogen-bond donors (Lipinski definition) is 1. The zero-order valence-corrected chi connectivity index (χ0v) is 22.1. The van der Waals surface area contributed by atoms with Crippen molar-refractivity contribution in [1.29, 1.82) is 0 Å². The number of carbonyl (C=O) groups excluding carboxylic acids is 2. The highest BCUT2D eigenvalue weighted by Gasteiger charge is 2.23. The van der Waals surface area contributed by atoms with Crippen molar-refractivity contribution < 1.29 is 9.59 Å². The summed E-state index contributed by atoms with van der Waals surface area (Å²) in [4.78, 5) is 32.8. The predicted molar refractivity (Wildman–Crippen MR) is 146 cm³/mol. The quantitative estimate of drug-likeness (QED) is 0.323. The second-order valence-corrected chi connectivity index (χ2v) is 10.5. The van der Waals surface area contributed by atoms with Gasteiger partial charge in [0.05, 0.1) is 6.54 Å². The van der Waals surface area contributed by atoms with Crippen LogP contribution >= 0.6 is 11.3 Å². The molecule has 1 N–H and O–H groups in total. The van der Waals surface area contributed by atoms with Crippen LogP contribution in [0.2, 0.25) is 0 Å². The van der Waals surface area contributed by atoms with Gasteiger partial charge in [0.2, 0.25) is 5.91 Å². The van der Waals surface area contributed by atoms with E-state index in [-0.39, 0.29) is 24.4 Å². The molecule has 6 heteroatoms. The maximum absolute atomic E-state index is 13.6. The van der Waals surface area contributed by atoms with Crippen LogP contribution in [-0.4, -0.2) is 34.8 Å². The van der Waals surface area contributed by atoms with E-state index in [1.54, 1.807) is 16.2 Å². The number of nitrogens with one attached hydrogen (secondary N) is 1. The first-order chi connectivity index (χ1) is 16.9. The number of nitrogens with zero attached hydrogens (tertiary/aromatic N) is 2. The zero-order valence-electron chi connectivity index (χ0n) is 21.3. The van der Waals surface area contributed by atoms with Gasteiger partial charge in [0.25, 0.3) is 0 Å². The Morgan fingerprint density at radius 2 is 1.66 bits per heavy atom. The van der Waals surface area contributed by atoms with Gasteiger partial charge in [-0.25, -0.2) is 4.79 Å². The average Bonchev–Trinajstić information content (AvgIpc) is 3.28. The molecule has 0 aliphatic heterocycles. The highest BCUT2D eigenvalue weighted by atomic mass is 32.1. The maximum Gasteiger partial charge on any atom is 0.322 e. The summed E-state index contributed by atoms with van der Waals surface area (Å²) in [5.74, 6) is 0.235. The van der Waals surface area contributed by atoms with Crippen molar-refractivity contribution in [2.24, 2.45) is 5.92 Å². The molecule has 3 rings (SSSR count). The molecule has 5 nitrogen and oxygen atoms in total. The summed E-state index contributed by atoms with van der Waals surface area (Å²) in [6.07, 6.45) is 1.83. The molecule has 1 heterocycles. The van der Waals surface area contributed by atoms with Crippen molar-refractivity contribution >= 4 is 29.0 Å². The summed E-state index contributed by atoms with van der Waals surface area (Å²) < 4.78 is 0. The van der Waals surface area contributed by atoms with Crippen LogP contribution in [0.25, 0.3) is 0 Å². The van der Waals surface area contributed by atoms with Crippen LogP contribution in [0.15, 0.2) is 66.7 Å². The van der Waals surface area contributed by atoms with E-state index in [4.69, 9.17) is 0 Å². The number of thiophene rings is 1. The van der Waals surface area contributed by atoms with E-state index in [9.17, 15) is 9.59 Å². The van der Waals surface area contributed by atoms with E-state index < -0.39 is 0 Å². The third-order valence-corrected chi connectivity index (χ3v) is 7.13. The first kappa shape index (κ1) is 26.5. The van der Waals surface area contributed by atoms with Crippen molar-refractivity contribution in [3.63, 3.8) is 0 Å². The van der Waals surface area contributed by atoms with Gasteiger partial charge in [-0.05, 0) is 54.7 Å².